The highest BCUT2D eigenvalue weighted by Gasteiger charge is 2.21. The third-order valence-electron chi connectivity index (χ3n) is 5.44. The third kappa shape index (κ3) is 4.07. The SMILES string of the molecule is COC(=O)c1cccn2cc(CN3CCC(Cc4cccc(F)c4)CC3)nc12. The molecular weight excluding hydrogens is 357 g/mol. The van der Waals surface area contributed by atoms with Gasteiger partial charge in [-0.2, -0.15) is 0 Å². The summed E-state index contributed by atoms with van der Waals surface area (Å²) in [6, 6.07) is 10.5. The molecule has 0 saturated carbocycles. The van der Waals surface area contributed by atoms with Crippen molar-refractivity contribution in [2.75, 3.05) is 20.2 Å². The molecule has 0 spiro atoms. The van der Waals surface area contributed by atoms with Crippen LogP contribution in [-0.4, -0.2) is 40.5 Å². The van der Waals surface area contributed by atoms with Crippen LogP contribution >= 0.6 is 0 Å². The van der Waals surface area contributed by atoms with Gasteiger partial charge in [0.25, 0.3) is 0 Å². The van der Waals surface area contributed by atoms with E-state index in [9.17, 15) is 9.18 Å². The van der Waals surface area contributed by atoms with Gasteiger partial charge in [0.05, 0.1) is 12.8 Å². The fourth-order valence-corrected chi connectivity index (χ4v) is 3.98. The molecular formula is C22H24FN3O2. The number of piperidine rings is 1. The summed E-state index contributed by atoms with van der Waals surface area (Å²) in [5.41, 5.74) is 3.13. The normalized spacial score (nSPS) is 15.8. The lowest BCUT2D eigenvalue weighted by Crippen LogP contribution is -2.34. The Hall–Kier alpha value is -2.73. The predicted molar refractivity (Wildman–Crippen MR) is 105 cm³/mol. The van der Waals surface area contributed by atoms with E-state index in [0.717, 1.165) is 50.2 Å². The zero-order valence-electron chi connectivity index (χ0n) is 16.0. The van der Waals surface area contributed by atoms with Crippen LogP contribution in [0.5, 0.6) is 0 Å². The van der Waals surface area contributed by atoms with E-state index < -0.39 is 0 Å². The van der Waals surface area contributed by atoms with Crippen LogP contribution in [0.4, 0.5) is 4.39 Å². The standard InChI is InChI=1S/C22H24FN3O2/c1-28-22(27)20-6-3-9-26-15-19(24-21(20)26)14-25-10-7-16(8-11-25)12-17-4-2-5-18(23)13-17/h2-6,9,13,15-16H,7-8,10-12,14H2,1H3. The molecule has 1 fully saturated rings. The number of carbonyl (C=O) groups excluding carboxylic acids is 1. The van der Waals surface area contributed by atoms with Crippen LogP contribution in [0.25, 0.3) is 5.65 Å². The van der Waals surface area contributed by atoms with Crippen molar-refractivity contribution in [3.05, 3.63) is 71.4 Å². The number of carbonyl (C=O) groups is 1. The van der Waals surface area contributed by atoms with Crippen molar-refractivity contribution >= 4 is 11.6 Å². The topological polar surface area (TPSA) is 46.8 Å². The lowest BCUT2D eigenvalue weighted by Gasteiger charge is -2.31. The molecule has 1 saturated heterocycles. The maximum atomic E-state index is 13.4. The maximum absolute atomic E-state index is 13.4. The molecule has 0 radical (unpaired) electrons. The van der Waals surface area contributed by atoms with E-state index >= 15 is 0 Å². The van der Waals surface area contributed by atoms with Gasteiger partial charge in [-0.1, -0.05) is 12.1 Å². The predicted octanol–water partition coefficient (Wildman–Crippen LogP) is 3.71. The molecule has 0 N–H and O–H groups in total. The van der Waals surface area contributed by atoms with Crippen molar-refractivity contribution in [2.45, 2.75) is 25.8 Å². The number of aromatic nitrogens is 2. The number of fused-ring (bicyclic) bond motifs is 1. The summed E-state index contributed by atoms with van der Waals surface area (Å²) < 4.78 is 20.1. The molecule has 0 amide bonds. The Morgan fingerprint density at radius 1 is 1.25 bits per heavy atom. The largest absolute Gasteiger partial charge is 0.465 e. The number of likely N-dealkylation sites (tertiary alicyclic amines) is 1. The highest BCUT2D eigenvalue weighted by molar-refractivity contribution is 5.95. The van der Waals surface area contributed by atoms with Crippen molar-refractivity contribution in [1.29, 1.82) is 0 Å². The van der Waals surface area contributed by atoms with Gasteiger partial charge in [-0.3, -0.25) is 4.90 Å². The van der Waals surface area contributed by atoms with Crippen molar-refractivity contribution in [3.8, 4) is 0 Å². The first-order chi connectivity index (χ1) is 13.6. The first-order valence-corrected chi connectivity index (χ1v) is 9.64. The maximum Gasteiger partial charge on any atom is 0.341 e. The second-order valence-corrected chi connectivity index (χ2v) is 7.43. The molecule has 5 nitrogen and oxygen atoms in total. The van der Waals surface area contributed by atoms with E-state index in [2.05, 4.69) is 9.88 Å². The van der Waals surface area contributed by atoms with Crippen molar-refractivity contribution in [1.82, 2.24) is 14.3 Å². The summed E-state index contributed by atoms with van der Waals surface area (Å²) in [4.78, 5) is 19.0. The Bertz CT molecular complexity index is 977. The van der Waals surface area contributed by atoms with Gasteiger partial charge >= 0.3 is 5.97 Å². The summed E-state index contributed by atoms with van der Waals surface area (Å²) in [6.07, 6.45) is 6.99. The van der Waals surface area contributed by atoms with Gasteiger partial charge < -0.3 is 9.14 Å². The Balaban J connectivity index is 1.38. The van der Waals surface area contributed by atoms with Crippen LogP contribution in [0.1, 0.15) is 34.5 Å². The molecule has 0 atom stereocenters. The zero-order valence-corrected chi connectivity index (χ0v) is 16.0. The number of nitrogens with zero attached hydrogens (tertiary/aromatic N) is 3. The van der Waals surface area contributed by atoms with Crippen LogP contribution < -0.4 is 0 Å². The number of esters is 1. The molecule has 0 aliphatic carbocycles. The van der Waals surface area contributed by atoms with Crippen LogP contribution in [0, 0.1) is 11.7 Å². The van der Waals surface area contributed by atoms with Gasteiger partial charge in [-0.25, -0.2) is 14.2 Å². The average Bonchev–Trinajstić information content (AvgIpc) is 3.11. The zero-order chi connectivity index (χ0) is 19.5. The number of rotatable bonds is 5. The summed E-state index contributed by atoms with van der Waals surface area (Å²) in [6.45, 7) is 2.75. The Kier molecular flexibility index (Phi) is 5.39. The minimum Gasteiger partial charge on any atom is -0.465 e. The van der Waals surface area contributed by atoms with Crippen LogP contribution in [0.15, 0.2) is 48.8 Å². The Labute approximate surface area is 163 Å². The number of halogens is 1. The number of benzene rings is 1. The van der Waals surface area contributed by atoms with E-state index in [1.54, 1.807) is 18.2 Å². The van der Waals surface area contributed by atoms with Gasteiger partial charge in [0.15, 0.2) is 5.65 Å². The minimum atomic E-state index is -0.374. The van der Waals surface area contributed by atoms with Crippen molar-refractivity contribution in [3.63, 3.8) is 0 Å². The van der Waals surface area contributed by atoms with Gasteiger partial charge in [-0.15, -0.1) is 0 Å². The second-order valence-electron chi connectivity index (χ2n) is 7.43. The van der Waals surface area contributed by atoms with Gasteiger partial charge in [0, 0.05) is 18.9 Å². The van der Waals surface area contributed by atoms with Gasteiger partial charge in [0.1, 0.15) is 11.4 Å². The second kappa shape index (κ2) is 8.10. The van der Waals surface area contributed by atoms with E-state index in [4.69, 9.17) is 4.74 Å². The molecule has 3 aromatic rings. The molecule has 0 unspecified atom stereocenters. The molecule has 6 heteroatoms. The van der Waals surface area contributed by atoms with Crippen LogP contribution in [0.3, 0.4) is 0 Å². The number of ether oxygens (including phenoxy) is 1. The third-order valence-corrected chi connectivity index (χ3v) is 5.44. The molecule has 146 valence electrons. The Morgan fingerprint density at radius 3 is 2.82 bits per heavy atom. The molecule has 0 bridgehead atoms. The molecule has 1 aliphatic heterocycles. The fraction of sp³-hybridized carbons (Fsp3) is 0.364. The average molecular weight is 381 g/mol. The number of hydrogen-bond donors (Lipinski definition) is 0. The van der Waals surface area contributed by atoms with Crippen molar-refractivity contribution in [2.24, 2.45) is 5.92 Å². The quantitative estimate of drug-likeness (QED) is 0.632. The first-order valence-electron chi connectivity index (χ1n) is 9.64. The fourth-order valence-electron chi connectivity index (χ4n) is 3.98. The van der Waals surface area contributed by atoms with E-state index in [1.807, 2.05) is 28.9 Å². The lowest BCUT2D eigenvalue weighted by atomic mass is 9.90. The molecule has 3 heterocycles. The van der Waals surface area contributed by atoms with Crippen LogP contribution in [-0.2, 0) is 17.7 Å². The van der Waals surface area contributed by atoms with Gasteiger partial charge in [-0.05, 0) is 68.1 Å². The first kappa shape index (κ1) is 18.6. The number of pyridine rings is 1. The number of hydrogen-bond acceptors (Lipinski definition) is 4. The molecule has 1 aliphatic rings. The number of imidazole rings is 1. The summed E-state index contributed by atoms with van der Waals surface area (Å²) in [5, 5.41) is 0. The molecule has 1 aromatic carbocycles. The monoisotopic (exact) mass is 381 g/mol. The summed E-state index contributed by atoms with van der Waals surface area (Å²) >= 11 is 0. The van der Waals surface area contributed by atoms with Crippen molar-refractivity contribution < 1.29 is 13.9 Å². The molecule has 28 heavy (non-hydrogen) atoms. The number of methoxy groups -OCH3 is 1. The minimum absolute atomic E-state index is 0.159. The van der Waals surface area contributed by atoms with Gasteiger partial charge in [0.2, 0.25) is 0 Å². The summed E-state index contributed by atoms with van der Waals surface area (Å²) in [5.74, 6) is 0.0547. The van der Waals surface area contributed by atoms with Crippen LogP contribution in [0.2, 0.25) is 0 Å². The molecule has 4 rings (SSSR count). The summed E-state index contributed by atoms with van der Waals surface area (Å²) in [7, 11) is 1.38. The highest BCUT2D eigenvalue weighted by atomic mass is 19.1. The Morgan fingerprint density at radius 2 is 2.07 bits per heavy atom. The highest BCUT2D eigenvalue weighted by Crippen LogP contribution is 2.23. The lowest BCUT2D eigenvalue weighted by molar-refractivity contribution is 0.0602. The van der Waals surface area contributed by atoms with E-state index in [1.165, 1.54) is 13.2 Å². The molecule has 2 aromatic heterocycles. The van der Waals surface area contributed by atoms with E-state index in [-0.39, 0.29) is 11.8 Å². The van der Waals surface area contributed by atoms with E-state index in [0.29, 0.717) is 17.1 Å². The smallest absolute Gasteiger partial charge is 0.341 e.